The Bertz CT molecular complexity index is 716. The molecule has 0 radical (unpaired) electrons. The van der Waals surface area contributed by atoms with Crippen LogP contribution < -0.4 is 4.90 Å². The standard InChI is InChI=1S/C21H27N3O/c1-15(2)19-10-11-20(23-22-19)24-13-16-7-6-12-21(25,18(16)14-24)17-8-4-3-5-9-17/h3-5,8-11,15-16,18,25H,6-7,12-14H2,1-2H3/t16-,18+,21+/m0/s1. The van der Waals surface area contributed by atoms with Crippen LogP contribution in [0.1, 0.15) is 50.3 Å². The van der Waals surface area contributed by atoms with Crippen LogP contribution in [-0.4, -0.2) is 28.4 Å². The molecule has 1 N–H and O–H groups in total. The minimum Gasteiger partial charge on any atom is -0.385 e. The highest BCUT2D eigenvalue weighted by Gasteiger charge is 2.49. The minimum atomic E-state index is -0.718. The van der Waals surface area contributed by atoms with Crippen molar-refractivity contribution in [3.63, 3.8) is 0 Å². The molecule has 132 valence electrons. The van der Waals surface area contributed by atoms with Gasteiger partial charge in [0.2, 0.25) is 0 Å². The zero-order chi connectivity index (χ0) is 17.4. The number of nitrogens with zero attached hydrogens (tertiary/aromatic N) is 3. The first kappa shape index (κ1) is 16.5. The smallest absolute Gasteiger partial charge is 0.151 e. The Morgan fingerprint density at radius 1 is 1.08 bits per heavy atom. The summed E-state index contributed by atoms with van der Waals surface area (Å²) in [5.41, 5.74) is 1.37. The predicted octanol–water partition coefficient (Wildman–Crippen LogP) is 3.72. The van der Waals surface area contributed by atoms with E-state index in [1.165, 1.54) is 6.42 Å². The lowest BCUT2D eigenvalue weighted by Crippen LogP contribution is -2.42. The lowest BCUT2D eigenvalue weighted by atomic mass is 9.67. The van der Waals surface area contributed by atoms with E-state index in [0.717, 1.165) is 43.0 Å². The van der Waals surface area contributed by atoms with Crippen LogP contribution >= 0.6 is 0 Å². The van der Waals surface area contributed by atoms with E-state index in [4.69, 9.17) is 0 Å². The third kappa shape index (κ3) is 2.93. The Hall–Kier alpha value is -1.94. The predicted molar refractivity (Wildman–Crippen MR) is 99.5 cm³/mol. The lowest BCUT2D eigenvalue weighted by molar-refractivity contribution is -0.0631. The molecule has 4 nitrogen and oxygen atoms in total. The van der Waals surface area contributed by atoms with Gasteiger partial charge >= 0.3 is 0 Å². The molecule has 1 aliphatic carbocycles. The fraction of sp³-hybridized carbons (Fsp3) is 0.524. The van der Waals surface area contributed by atoms with Gasteiger partial charge < -0.3 is 10.0 Å². The van der Waals surface area contributed by atoms with E-state index in [0.29, 0.717) is 11.8 Å². The zero-order valence-electron chi connectivity index (χ0n) is 15.1. The third-order valence-electron chi connectivity index (χ3n) is 6.05. The summed E-state index contributed by atoms with van der Waals surface area (Å²) in [4.78, 5) is 2.31. The molecule has 1 aromatic carbocycles. The van der Waals surface area contributed by atoms with E-state index >= 15 is 0 Å². The molecule has 1 aliphatic heterocycles. The maximum atomic E-state index is 11.5. The number of hydrogen-bond donors (Lipinski definition) is 1. The number of rotatable bonds is 3. The van der Waals surface area contributed by atoms with Crippen LogP contribution in [0, 0.1) is 11.8 Å². The number of fused-ring (bicyclic) bond motifs is 1. The summed E-state index contributed by atoms with van der Waals surface area (Å²) in [6.45, 7) is 6.09. The van der Waals surface area contributed by atoms with Crippen molar-refractivity contribution in [2.24, 2.45) is 11.8 Å². The normalized spacial score (nSPS) is 29.0. The van der Waals surface area contributed by atoms with E-state index in [-0.39, 0.29) is 5.92 Å². The molecular formula is C21H27N3O. The average molecular weight is 337 g/mol. The van der Waals surface area contributed by atoms with Crippen molar-refractivity contribution in [3.05, 3.63) is 53.7 Å². The van der Waals surface area contributed by atoms with Gasteiger partial charge in [-0.25, -0.2) is 0 Å². The van der Waals surface area contributed by atoms with E-state index in [9.17, 15) is 5.11 Å². The molecule has 2 aliphatic rings. The Labute approximate surface area is 149 Å². The molecule has 2 aromatic rings. The quantitative estimate of drug-likeness (QED) is 0.927. The van der Waals surface area contributed by atoms with Crippen LogP contribution in [0.2, 0.25) is 0 Å². The maximum Gasteiger partial charge on any atom is 0.151 e. The van der Waals surface area contributed by atoms with Gasteiger partial charge in [-0.05, 0) is 48.8 Å². The number of hydrogen-bond acceptors (Lipinski definition) is 4. The molecular weight excluding hydrogens is 310 g/mol. The molecule has 4 rings (SSSR count). The lowest BCUT2D eigenvalue weighted by Gasteiger charge is -2.41. The van der Waals surface area contributed by atoms with Crippen LogP contribution in [0.4, 0.5) is 5.82 Å². The van der Waals surface area contributed by atoms with Gasteiger partial charge in [-0.3, -0.25) is 0 Å². The summed E-state index contributed by atoms with van der Waals surface area (Å²) in [6, 6.07) is 14.4. The summed E-state index contributed by atoms with van der Waals surface area (Å²) in [6.07, 6.45) is 3.12. The largest absolute Gasteiger partial charge is 0.385 e. The van der Waals surface area contributed by atoms with Crippen LogP contribution in [0.5, 0.6) is 0 Å². The Morgan fingerprint density at radius 3 is 2.56 bits per heavy atom. The average Bonchev–Trinajstić information content (AvgIpc) is 3.08. The summed E-state index contributed by atoms with van der Waals surface area (Å²) >= 11 is 0. The second-order valence-corrected chi connectivity index (χ2v) is 7.93. The van der Waals surface area contributed by atoms with Gasteiger partial charge in [0.15, 0.2) is 5.82 Å². The van der Waals surface area contributed by atoms with Crippen LogP contribution in [0.3, 0.4) is 0 Å². The van der Waals surface area contributed by atoms with Gasteiger partial charge in [0.05, 0.1) is 11.3 Å². The highest BCUT2D eigenvalue weighted by atomic mass is 16.3. The second kappa shape index (κ2) is 6.41. The van der Waals surface area contributed by atoms with Crippen LogP contribution in [0.15, 0.2) is 42.5 Å². The molecule has 4 heteroatoms. The van der Waals surface area contributed by atoms with Gasteiger partial charge in [-0.1, -0.05) is 44.2 Å². The van der Waals surface area contributed by atoms with Crippen LogP contribution in [0.25, 0.3) is 0 Å². The van der Waals surface area contributed by atoms with Crippen molar-refractivity contribution in [2.45, 2.75) is 44.6 Å². The number of anilines is 1. The molecule has 1 aromatic heterocycles. The molecule has 0 unspecified atom stereocenters. The Balaban J connectivity index is 1.58. The third-order valence-corrected chi connectivity index (χ3v) is 6.05. The van der Waals surface area contributed by atoms with Gasteiger partial charge in [-0.15, -0.1) is 5.10 Å². The Kier molecular flexibility index (Phi) is 4.24. The van der Waals surface area contributed by atoms with Crippen molar-refractivity contribution in [1.29, 1.82) is 0 Å². The fourth-order valence-electron chi connectivity index (χ4n) is 4.61. The van der Waals surface area contributed by atoms with Crippen molar-refractivity contribution < 1.29 is 5.11 Å². The first-order valence-corrected chi connectivity index (χ1v) is 9.44. The zero-order valence-corrected chi connectivity index (χ0v) is 15.1. The number of aromatic nitrogens is 2. The van der Waals surface area contributed by atoms with Crippen molar-refractivity contribution >= 4 is 5.82 Å². The first-order chi connectivity index (χ1) is 12.1. The molecule has 2 fully saturated rings. The van der Waals surface area contributed by atoms with Crippen molar-refractivity contribution in [1.82, 2.24) is 10.2 Å². The molecule has 0 spiro atoms. The highest BCUT2D eigenvalue weighted by molar-refractivity contribution is 5.41. The molecule has 1 saturated carbocycles. The van der Waals surface area contributed by atoms with Gasteiger partial charge in [-0.2, -0.15) is 5.10 Å². The summed E-state index contributed by atoms with van der Waals surface area (Å²) < 4.78 is 0. The molecule has 25 heavy (non-hydrogen) atoms. The highest BCUT2D eigenvalue weighted by Crippen LogP contribution is 2.48. The van der Waals surface area contributed by atoms with Gasteiger partial charge in [0.25, 0.3) is 0 Å². The summed E-state index contributed by atoms with van der Waals surface area (Å²) in [5, 5.41) is 20.4. The SMILES string of the molecule is CC(C)c1ccc(N2C[C@@H]3CCC[C@@](O)(c4ccccc4)[C@@H]3C2)nn1. The van der Waals surface area contributed by atoms with E-state index in [1.54, 1.807) is 0 Å². The molecule has 1 saturated heterocycles. The number of aliphatic hydroxyl groups is 1. The summed E-state index contributed by atoms with van der Waals surface area (Å²) in [5.74, 6) is 2.11. The molecule has 2 heterocycles. The molecule has 0 bridgehead atoms. The molecule has 3 atom stereocenters. The van der Waals surface area contributed by atoms with Gasteiger partial charge in [0.1, 0.15) is 0 Å². The topological polar surface area (TPSA) is 49.2 Å². The van der Waals surface area contributed by atoms with Crippen molar-refractivity contribution in [2.75, 3.05) is 18.0 Å². The van der Waals surface area contributed by atoms with Crippen LogP contribution in [-0.2, 0) is 5.60 Å². The maximum absolute atomic E-state index is 11.5. The van der Waals surface area contributed by atoms with E-state index in [2.05, 4.69) is 53.2 Å². The minimum absolute atomic E-state index is 0.259. The second-order valence-electron chi connectivity index (χ2n) is 7.93. The molecule has 0 amide bonds. The fourth-order valence-corrected chi connectivity index (χ4v) is 4.61. The Morgan fingerprint density at radius 2 is 1.88 bits per heavy atom. The van der Waals surface area contributed by atoms with E-state index < -0.39 is 5.60 Å². The number of benzene rings is 1. The first-order valence-electron chi connectivity index (χ1n) is 9.44. The summed E-state index contributed by atoms with van der Waals surface area (Å²) in [7, 11) is 0. The van der Waals surface area contributed by atoms with Crippen molar-refractivity contribution in [3.8, 4) is 0 Å². The van der Waals surface area contributed by atoms with Gasteiger partial charge in [0, 0.05) is 19.0 Å². The van der Waals surface area contributed by atoms with E-state index in [1.807, 2.05) is 18.2 Å². The monoisotopic (exact) mass is 337 g/mol.